The van der Waals surface area contributed by atoms with Crippen molar-refractivity contribution in [2.45, 2.75) is 44.6 Å². The number of rotatable bonds is 6. The minimum atomic E-state index is -0.653. The lowest BCUT2D eigenvalue weighted by atomic mass is 9.76. The van der Waals surface area contributed by atoms with Crippen LogP contribution in [0.5, 0.6) is 0 Å². The van der Waals surface area contributed by atoms with Gasteiger partial charge in [-0.25, -0.2) is 4.98 Å². The largest absolute Gasteiger partial charge is 0.380 e. The number of nitrogens with zero attached hydrogens (tertiary/aromatic N) is 3. The average Bonchev–Trinajstić information content (AvgIpc) is 2.78. The molecular formula is C17H28N6O2. The molecule has 1 amide bonds. The zero-order valence-electron chi connectivity index (χ0n) is 14.9. The number of aromatic nitrogens is 2. The third kappa shape index (κ3) is 3.85. The van der Waals surface area contributed by atoms with Gasteiger partial charge < -0.3 is 26.4 Å². The Hall–Kier alpha value is -1.93. The van der Waals surface area contributed by atoms with Crippen LogP contribution in [0.15, 0.2) is 0 Å². The van der Waals surface area contributed by atoms with E-state index in [9.17, 15) is 4.79 Å². The Labute approximate surface area is 148 Å². The number of nitrogen functional groups attached to an aromatic ring is 1. The second-order valence-corrected chi connectivity index (χ2v) is 6.78. The maximum atomic E-state index is 12.7. The van der Waals surface area contributed by atoms with E-state index < -0.39 is 5.54 Å². The highest BCUT2D eigenvalue weighted by atomic mass is 16.5. The number of fused-ring (bicyclic) bond motifs is 1. The molecule has 8 heteroatoms. The molecule has 3 rings (SSSR count). The maximum Gasteiger partial charge on any atom is 0.242 e. The minimum absolute atomic E-state index is 0.0679. The lowest BCUT2D eigenvalue weighted by Gasteiger charge is -2.40. The fourth-order valence-electron chi connectivity index (χ4n) is 3.44. The molecule has 1 saturated carbocycles. The van der Waals surface area contributed by atoms with Crippen molar-refractivity contribution >= 4 is 17.7 Å². The zero-order valence-corrected chi connectivity index (χ0v) is 14.9. The zero-order chi connectivity index (χ0) is 17.9. The van der Waals surface area contributed by atoms with Crippen LogP contribution in [0.25, 0.3) is 0 Å². The molecule has 138 valence electrons. The fraction of sp³-hybridized carbons (Fsp3) is 0.706. The van der Waals surface area contributed by atoms with Crippen LogP contribution >= 0.6 is 0 Å². The molecule has 0 aromatic carbocycles. The summed E-state index contributed by atoms with van der Waals surface area (Å²) in [6.07, 6.45) is 3.98. The monoisotopic (exact) mass is 348 g/mol. The van der Waals surface area contributed by atoms with Crippen molar-refractivity contribution in [2.75, 3.05) is 43.9 Å². The Morgan fingerprint density at radius 3 is 2.76 bits per heavy atom. The van der Waals surface area contributed by atoms with Crippen LogP contribution in [0.4, 0.5) is 11.8 Å². The molecule has 8 nitrogen and oxygen atoms in total. The summed E-state index contributed by atoms with van der Waals surface area (Å²) in [6.45, 7) is 5.18. The first kappa shape index (κ1) is 17.9. The highest BCUT2D eigenvalue weighted by molar-refractivity contribution is 5.87. The van der Waals surface area contributed by atoms with Crippen molar-refractivity contribution in [2.24, 2.45) is 5.73 Å². The lowest BCUT2D eigenvalue weighted by molar-refractivity contribution is -0.140. The molecule has 0 saturated heterocycles. The topological polar surface area (TPSA) is 119 Å². The Balaban J connectivity index is 1.71. The Morgan fingerprint density at radius 2 is 2.08 bits per heavy atom. The van der Waals surface area contributed by atoms with Gasteiger partial charge in [-0.1, -0.05) is 0 Å². The van der Waals surface area contributed by atoms with Crippen LogP contribution in [0.3, 0.4) is 0 Å². The van der Waals surface area contributed by atoms with Gasteiger partial charge in [0.1, 0.15) is 5.82 Å². The molecule has 1 aliphatic heterocycles. The van der Waals surface area contributed by atoms with Gasteiger partial charge in [-0.15, -0.1) is 0 Å². The smallest absolute Gasteiger partial charge is 0.242 e. The SMILES string of the molecule is CCOCCNc1nc(N)nc2c1CCN(C(=O)C1(N)CCC1)CC2. The molecule has 2 aliphatic rings. The summed E-state index contributed by atoms with van der Waals surface area (Å²) < 4.78 is 5.36. The molecule has 0 unspecified atom stereocenters. The van der Waals surface area contributed by atoms with Gasteiger partial charge in [-0.3, -0.25) is 4.79 Å². The molecule has 1 fully saturated rings. The Kier molecular flexibility index (Phi) is 5.39. The van der Waals surface area contributed by atoms with Gasteiger partial charge in [-0.05, 0) is 32.6 Å². The lowest BCUT2D eigenvalue weighted by Crippen LogP contribution is -2.59. The molecular weight excluding hydrogens is 320 g/mol. The maximum absolute atomic E-state index is 12.7. The number of amides is 1. The van der Waals surface area contributed by atoms with Crippen molar-refractivity contribution in [3.63, 3.8) is 0 Å². The molecule has 1 aliphatic carbocycles. The first-order valence-corrected chi connectivity index (χ1v) is 9.08. The van der Waals surface area contributed by atoms with Gasteiger partial charge in [0.25, 0.3) is 0 Å². The van der Waals surface area contributed by atoms with E-state index in [0.29, 0.717) is 45.7 Å². The predicted molar refractivity (Wildman–Crippen MR) is 96.2 cm³/mol. The number of carbonyl (C=O) groups is 1. The van der Waals surface area contributed by atoms with Crippen LogP contribution in [0.2, 0.25) is 0 Å². The number of anilines is 2. The van der Waals surface area contributed by atoms with Gasteiger partial charge in [0, 0.05) is 38.2 Å². The van der Waals surface area contributed by atoms with E-state index in [2.05, 4.69) is 15.3 Å². The number of carbonyl (C=O) groups excluding carboxylic acids is 1. The van der Waals surface area contributed by atoms with E-state index in [1.165, 1.54) is 0 Å². The van der Waals surface area contributed by atoms with Crippen molar-refractivity contribution in [3.8, 4) is 0 Å². The van der Waals surface area contributed by atoms with Crippen LogP contribution in [0, 0.1) is 0 Å². The molecule has 1 aromatic rings. The quantitative estimate of drug-likeness (QED) is 0.633. The third-order valence-electron chi connectivity index (χ3n) is 5.06. The summed E-state index contributed by atoms with van der Waals surface area (Å²) in [6, 6.07) is 0. The number of hydrogen-bond acceptors (Lipinski definition) is 7. The van der Waals surface area contributed by atoms with E-state index in [0.717, 1.165) is 36.3 Å². The predicted octanol–water partition coefficient (Wildman–Crippen LogP) is 0.316. The van der Waals surface area contributed by atoms with Gasteiger partial charge in [0.15, 0.2) is 0 Å². The average molecular weight is 348 g/mol. The van der Waals surface area contributed by atoms with Crippen molar-refractivity contribution in [1.82, 2.24) is 14.9 Å². The standard InChI is InChI=1S/C17H28N6O2/c1-2-25-11-8-20-14-12-4-9-23(15(24)17(19)6-3-7-17)10-5-13(12)21-16(18)22-14/h2-11,19H2,1H3,(H3,18,20,21,22). The van der Waals surface area contributed by atoms with Gasteiger partial charge >= 0.3 is 0 Å². The molecule has 0 bridgehead atoms. The first-order chi connectivity index (χ1) is 12.0. The van der Waals surface area contributed by atoms with Crippen LogP contribution < -0.4 is 16.8 Å². The number of nitrogens with two attached hydrogens (primary N) is 2. The molecule has 1 aromatic heterocycles. The number of ether oxygens (including phenoxy) is 1. The summed E-state index contributed by atoms with van der Waals surface area (Å²) in [4.78, 5) is 23.3. The molecule has 0 atom stereocenters. The van der Waals surface area contributed by atoms with E-state index in [1.807, 2.05) is 11.8 Å². The molecule has 0 radical (unpaired) electrons. The highest BCUT2D eigenvalue weighted by Crippen LogP contribution is 2.32. The fourth-order valence-corrected chi connectivity index (χ4v) is 3.44. The van der Waals surface area contributed by atoms with Crippen molar-refractivity contribution in [3.05, 3.63) is 11.3 Å². The molecule has 2 heterocycles. The summed E-state index contributed by atoms with van der Waals surface area (Å²) >= 11 is 0. The van der Waals surface area contributed by atoms with Gasteiger partial charge in [0.2, 0.25) is 11.9 Å². The second-order valence-electron chi connectivity index (χ2n) is 6.78. The van der Waals surface area contributed by atoms with Gasteiger partial charge in [0.05, 0.1) is 17.8 Å². The summed E-state index contributed by atoms with van der Waals surface area (Å²) in [5.41, 5.74) is 13.4. The second kappa shape index (κ2) is 7.53. The third-order valence-corrected chi connectivity index (χ3v) is 5.06. The highest BCUT2D eigenvalue weighted by Gasteiger charge is 2.43. The van der Waals surface area contributed by atoms with Gasteiger partial charge in [-0.2, -0.15) is 4.98 Å². The van der Waals surface area contributed by atoms with E-state index in [-0.39, 0.29) is 11.9 Å². The van der Waals surface area contributed by atoms with E-state index in [1.54, 1.807) is 0 Å². The summed E-state index contributed by atoms with van der Waals surface area (Å²) in [5, 5.41) is 3.29. The molecule has 5 N–H and O–H groups in total. The van der Waals surface area contributed by atoms with E-state index in [4.69, 9.17) is 16.2 Å². The first-order valence-electron chi connectivity index (χ1n) is 9.08. The summed E-state index contributed by atoms with van der Waals surface area (Å²) in [7, 11) is 0. The summed E-state index contributed by atoms with van der Waals surface area (Å²) in [5.74, 6) is 1.08. The molecule has 25 heavy (non-hydrogen) atoms. The Bertz CT molecular complexity index is 632. The van der Waals surface area contributed by atoms with Crippen molar-refractivity contribution < 1.29 is 9.53 Å². The number of hydrogen-bond donors (Lipinski definition) is 3. The normalized spacial score (nSPS) is 18.9. The Morgan fingerprint density at radius 1 is 1.32 bits per heavy atom. The van der Waals surface area contributed by atoms with Crippen LogP contribution in [-0.4, -0.2) is 59.2 Å². The van der Waals surface area contributed by atoms with E-state index >= 15 is 0 Å². The van der Waals surface area contributed by atoms with Crippen LogP contribution in [-0.2, 0) is 22.4 Å². The number of nitrogens with one attached hydrogen (secondary N) is 1. The van der Waals surface area contributed by atoms with Crippen LogP contribution in [0.1, 0.15) is 37.4 Å². The molecule has 0 spiro atoms. The van der Waals surface area contributed by atoms with Crippen molar-refractivity contribution in [1.29, 1.82) is 0 Å². The minimum Gasteiger partial charge on any atom is -0.380 e.